The van der Waals surface area contributed by atoms with Gasteiger partial charge >= 0.3 is 0 Å². The number of carbonyl (C=O) groups excluding carboxylic acids is 1. The first kappa shape index (κ1) is 22.1. The van der Waals surface area contributed by atoms with E-state index in [0.29, 0.717) is 5.75 Å². The van der Waals surface area contributed by atoms with Crippen molar-refractivity contribution in [3.05, 3.63) is 60.2 Å². The van der Waals surface area contributed by atoms with E-state index < -0.39 is 0 Å². The number of hydrogen-bond donors (Lipinski definition) is 0. The number of benzene rings is 2. The number of rotatable bonds is 8. The molecular weight excluding hydrogens is 392 g/mol. The molecule has 0 spiro atoms. The maximum atomic E-state index is 12.9. The van der Waals surface area contributed by atoms with Gasteiger partial charge in [-0.3, -0.25) is 9.36 Å². The maximum Gasteiger partial charge on any atom is 0.233 e. The summed E-state index contributed by atoms with van der Waals surface area (Å²) in [6.45, 7) is 10.3. The van der Waals surface area contributed by atoms with Crippen molar-refractivity contribution in [1.29, 1.82) is 0 Å². The van der Waals surface area contributed by atoms with Crippen molar-refractivity contribution < 1.29 is 4.79 Å². The van der Waals surface area contributed by atoms with E-state index in [-0.39, 0.29) is 18.0 Å². The van der Waals surface area contributed by atoms with Crippen LogP contribution in [0.4, 0.5) is 0 Å². The molecule has 0 saturated heterocycles. The van der Waals surface area contributed by atoms with E-state index in [2.05, 4.69) is 41.4 Å². The highest BCUT2D eigenvalue weighted by Crippen LogP contribution is 2.28. The zero-order valence-corrected chi connectivity index (χ0v) is 19.2. The number of nitrogens with zero attached hydrogens (tertiary/aromatic N) is 4. The predicted molar refractivity (Wildman–Crippen MR) is 124 cm³/mol. The van der Waals surface area contributed by atoms with Crippen molar-refractivity contribution in [1.82, 2.24) is 19.7 Å². The van der Waals surface area contributed by atoms with E-state index in [1.165, 1.54) is 17.3 Å². The number of amides is 1. The fraction of sp³-hybridized carbons (Fsp3) is 0.375. The van der Waals surface area contributed by atoms with Gasteiger partial charge in [-0.1, -0.05) is 61.2 Å². The van der Waals surface area contributed by atoms with Gasteiger partial charge in [-0.15, -0.1) is 10.2 Å². The van der Waals surface area contributed by atoms with E-state index in [9.17, 15) is 4.79 Å². The highest BCUT2D eigenvalue weighted by Gasteiger charge is 2.22. The maximum absolute atomic E-state index is 12.9. The minimum atomic E-state index is 0.113. The Kier molecular flexibility index (Phi) is 7.32. The minimum Gasteiger partial charge on any atom is -0.337 e. The monoisotopic (exact) mass is 422 g/mol. The van der Waals surface area contributed by atoms with Crippen molar-refractivity contribution >= 4 is 17.7 Å². The topological polar surface area (TPSA) is 51.0 Å². The molecule has 0 atom stereocenters. The quantitative estimate of drug-likeness (QED) is 0.466. The molecule has 2 aromatic carbocycles. The van der Waals surface area contributed by atoms with Crippen LogP contribution in [-0.2, 0) is 11.2 Å². The molecule has 1 aromatic heterocycles. The first-order chi connectivity index (χ1) is 14.4. The van der Waals surface area contributed by atoms with Gasteiger partial charge in [0.25, 0.3) is 0 Å². The molecule has 5 nitrogen and oxygen atoms in total. The van der Waals surface area contributed by atoms with Crippen LogP contribution in [0.3, 0.4) is 0 Å². The number of carbonyl (C=O) groups is 1. The highest BCUT2D eigenvalue weighted by atomic mass is 32.2. The molecule has 1 heterocycles. The minimum absolute atomic E-state index is 0.113. The molecule has 0 aliphatic rings. The highest BCUT2D eigenvalue weighted by molar-refractivity contribution is 7.99. The lowest BCUT2D eigenvalue weighted by Crippen LogP contribution is -2.43. The Labute approximate surface area is 183 Å². The molecule has 1 amide bonds. The van der Waals surface area contributed by atoms with Crippen LogP contribution in [0.1, 0.15) is 40.2 Å². The molecular formula is C24H30N4OS. The molecule has 30 heavy (non-hydrogen) atoms. The van der Waals surface area contributed by atoms with Gasteiger partial charge in [0.2, 0.25) is 5.91 Å². The molecule has 6 heteroatoms. The summed E-state index contributed by atoms with van der Waals surface area (Å²) in [4.78, 5) is 14.8. The van der Waals surface area contributed by atoms with Crippen LogP contribution >= 0.6 is 11.8 Å². The van der Waals surface area contributed by atoms with Crippen molar-refractivity contribution in [3.63, 3.8) is 0 Å². The molecule has 0 radical (unpaired) electrons. The molecule has 0 aliphatic carbocycles. The van der Waals surface area contributed by atoms with E-state index in [1.807, 2.05) is 67.5 Å². The SMILES string of the molecule is CCc1ccc(-n2c(SCC(=O)N(C(C)C)C(C)C)nnc2-c2ccccc2)cc1. The second kappa shape index (κ2) is 9.94. The molecule has 0 bridgehead atoms. The van der Waals surface area contributed by atoms with Crippen LogP contribution in [0.5, 0.6) is 0 Å². The van der Waals surface area contributed by atoms with Crippen molar-refractivity contribution in [3.8, 4) is 17.1 Å². The Morgan fingerprint density at radius 3 is 2.17 bits per heavy atom. The fourth-order valence-corrected chi connectivity index (χ4v) is 4.45. The third kappa shape index (κ3) is 4.93. The molecule has 0 unspecified atom stereocenters. The summed E-state index contributed by atoms with van der Waals surface area (Å²) in [5, 5.41) is 9.62. The van der Waals surface area contributed by atoms with Crippen molar-refractivity contribution in [2.45, 2.75) is 58.3 Å². The summed E-state index contributed by atoms with van der Waals surface area (Å²) in [5.74, 6) is 1.22. The van der Waals surface area contributed by atoms with Crippen molar-refractivity contribution in [2.75, 3.05) is 5.75 Å². The Hall–Kier alpha value is -2.60. The van der Waals surface area contributed by atoms with Crippen LogP contribution < -0.4 is 0 Å². The zero-order chi connectivity index (χ0) is 21.7. The lowest BCUT2D eigenvalue weighted by molar-refractivity contribution is -0.131. The number of aromatic nitrogens is 3. The normalized spacial score (nSPS) is 11.3. The van der Waals surface area contributed by atoms with E-state index in [1.54, 1.807) is 0 Å². The Morgan fingerprint density at radius 2 is 1.60 bits per heavy atom. The van der Waals surface area contributed by atoms with Gasteiger partial charge in [-0.2, -0.15) is 0 Å². The van der Waals surface area contributed by atoms with Gasteiger partial charge in [0.15, 0.2) is 11.0 Å². The number of thioether (sulfide) groups is 1. The summed E-state index contributed by atoms with van der Waals surface area (Å²) < 4.78 is 2.04. The van der Waals surface area contributed by atoms with E-state index in [4.69, 9.17) is 0 Å². The van der Waals surface area contributed by atoms with Crippen LogP contribution in [0.15, 0.2) is 59.8 Å². The molecule has 3 rings (SSSR count). The third-order valence-electron chi connectivity index (χ3n) is 4.99. The predicted octanol–water partition coefficient (Wildman–Crippen LogP) is 5.23. The average Bonchev–Trinajstić information content (AvgIpc) is 3.16. The van der Waals surface area contributed by atoms with Gasteiger partial charge in [-0.25, -0.2) is 0 Å². The van der Waals surface area contributed by atoms with Gasteiger partial charge < -0.3 is 4.90 Å². The Bertz CT molecular complexity index is 957. The van der Waals surface area contributed by atoms with Crippen LogP contribution in [0.25, 0.3) is 17.1 Å². The zero-order valence-electron chi connectivity index (χ0n) is 18.4. The third-order valence-corrected chi connectivity index (χ3v) is 5.91. The average molecular weight is 423 g/mol. The lowest BCUT2D eigenvalue weighted by atomic mass is 10.1. The first-order valence-corrected chi connectivity index (χ1v) is 11.4. The van der Waals surface area contributed by atoms with Crippen LogP contribution in [0, 0.1) is 0 Å². The van der Waals surface area contributed by atoms with Crippen LogP contribution in [0.2, 0.25) is 0 Å². The summed E-state index contributed by atoms with van der Waals surface area (Å²) in [6.07, 6.45) is 0.990. The van der Waals surface area contributed by atoms with Gasteiger partial charge in [0.05, 0.1) is 5.75 Å². The summed E-state index contributed by atoms with van der Waals surface area (Å²) in [5.41, 5.74) is 3.27. The van der Waals surface area contributed by atoms with E-state index >= 15 is 0 Å². The Morgan fingerprint density at radius 1 is 0.967 bits per heavy atom. The smallest absolute Gasteiger partial charge is 0.233 e. The lowest BCUT2D eigenvalue weighted by Gasteiger charge is -2.30. The summed E-state index contributed by atoms with van der Waals surface area (Å²) >= 11 is 1.44. The van der Waals surface area contributed by atoms with Gasteiger partial charge in [0.1, 0.15) is 0 Å². The number of aryl methyl sites for hydroxylation is 1. The molecule has 0 N–H and O–H groups in total. The van der Waals surface area contributed by atoms with E-state index in [0.717, 1.165) is 28.7 Å². The molecule has 158 valence electrons. The van der Waals surface area contributed by atoms with Crippen LogP contribution in [-0.4, -0.2) is 43.4 Å². The molecule has 0 aliphatic heterocycles. The number of hydrogen-bond acceptors (Lipinski definition) is 4. The molecule has 3 aromatic rings. The standard InChI is InChI=1S/C24H30N4OS/c1-6-19-12-14-21(15-13-19)28-23(20-10-8-7-9-11-20)25-26-24(28)30-16-22(29)27(17(2)3)18(4)5/h7-15,17-18H,6,16H2,1-5H3. The fourth-order valence-electron chi connectivity index (χ4n) is 3.62. The second-order valence-electron chi connectivity index (χ2n) is 7.80. The van der Waals surface area contributed by atoms with Crippen molar-refractivity contribution in [2.24, 2.45) is 0 Å². The summed E-state index contributed by atoms with van der Waals surface area (Å²) in [6, 6.07) is 18.8. The molecule has 0 saturated carbocycles. The van der Waals surface area contributed by atoms with Gasteiger partial charge in [-0.05, 0) is 51.8 Å². The largest absolute Gasteiger partial charge is 0.337 e. The first-order valence-electron chi connectivity index (χ1n) is 10.5. The van der Waals surface area contributed by atoms with Gasteiger partial charge in [0, 0.05) is 23.3 Å². The Balaban J connectivity index is 1.94. The second-order valence-corrected chi connectivity index (χ2v) is 8.75. The summed E-state index contributed by atoms with van der Waals surface area (Å²) in [7, 11) is 0. The molecule has 0 fully saturated rings.